The van der Waals surface area contributed by atoms with Crippen LogP contribution in [0.2, 0.25) is 0 Å². The van der Waals surface area contributed by atoms with E-state index in [-0.39, 0.29) is 12.7 Å². The molecule has 0 N–H and O–H groups in total. The van der Waals surface area contributed by atoms with Crippen molar-refractivity contribution in [3.8, 4) is 0 Å². The van der Waals surface area contributed by atoms with Gasteiger partial charge in [-0.1, -0.05) is 0 Å². The van der Waals surface area contributed by atoms with Crippen molar-refractivity contribution in [1.82, 2.24) is 0 Å². The van der Waals surface area contributed by atoms with Gasteiger partial charge in [-0.05, 0) is 19.3 Å². The molecular weight excluding hydrogens is 104 g/mol. The van der Waals surface area contributed by atoms with Crippen LogP contribution in [0.15, 0.2) is 0 Å². The molecule has 0 aromatic carbocycles. The highest BCUT2D eigenvalue weighted by molar-refractivity contribution is 4.59. The van der Waals surface area contributed by atoms with Crippen LogP contribution < -0.4 is 5.11 Å². The van der Waals surface area contributed by atoms with Gasteiger partial charge in [0.25, 0.3) is 0 Å². The van der Waals surface area contributed by atoms with Crippen LogP contribution in [0.4, 0.5) is 0 Å². The zero-order valence-corrected chi connectivity index (χ0v) is 4.93. The Kier molecular flexibility index (Phi) is 2.30. The van der Waals surface area contributed by atoms with Gasteiger partial charge in [0, 0.05) is 12.7 Å². The third-order valence-electron chi connectivity index (χ3n) is 1.46. The maximum Gasteiger partial charge on any atom is 0.0469 e. The Bertz CT molecular complexity index is 57.5. The fourth-order valence-electron chi connectivity index (χ4n) is 0.939. The normalized spacial score (nSPS) is 30.4. The van der Waals surface area contributed by atoms with Crippen molar-refractivity contribution < 1.29 is 9.84 Å². The molecule has 2 nitrogen and oxygen atoms in total. The van der Waals surface area contributed by atoms with Gasteiger partial charge in [0.2, 0.25) is 0 Å². The summed E-state index contributed by atoms with van der Waals surface area (Å²) in [5.74, 6) is 0. The average Bonchev–Trinajstić information content (AvgIpc) is 1.90. The zero-order valence-electron chi connectivity index (χ0n) is 4.93. The molecule has 0 aromatic heterocycles. The van der Waals surface area contributed by atoms with E-state index >= 15 is 0 Å². The van der Waals surface area contributed by atoms with Crippen molar-refractivity contribution in [2.45, 2.75) is 25.4 Å². The van der Waals surface area contributed by atoms with E-state index in [1.165, 1.54) is 6.42 Å². The molecule has 1 fully saturated rings. The smallest absolute Gasteiger partial charge is 0.0469 e. The Morgan fingerprint density at radius 1 is 1.50 bits per heavy atom. The topological polar surface area (TPSA) is 32.3 Å². The molecule has 1 saturated heterocycles. The first-order valence-electron chi connectivity index (χ1n) is 3.13. The standard InChI is InChI=1S/C6H11O2/c7-5-6-3-1-2-4-8-6/h6H,1-5H2/q-1. The molecule has 0 radical (unpaired) electrons. The van der Waals surface area contributed by atoms with E-state index in [0.29, 0.717) is 0 Å². The van der Waals surface area contributed by atoms with E-state index in [0.717, 1.165) is 19.4 Å². The van der Waals surface area contributed by atoms with E-state index in [1.807, 2.05) is 0 Å². The van der Waals surface area contributed by atoms with E-state index in [4.69, 9.17) is 4.74 Å². The van der Waals surface area contributed by atoms with Gasteiger partial charge in [-0.25, -0.2) is 0 Å². The van der Waals surface area contributed by atoms with Crippen molar-refractivity contribution in [2.75, 3.05) is 13.2 Å². The third kappa shape index (κ3) is 1.46. The second-order valence-electron chi connectivity index (χ2n) is 2.16. The van der Waals surface area contributed by atoms with Crippen molar-refractivity contribution in [3.63, 3.8) is 0 Å². The van der Waals surface area contributed by atoms with Gasteiger partial charge in [-0.3, -0.25) is 0 Å². The molecular formula is C6H11O2-. The minimum Gasteiger partial charge on any atom is -0.853 e. The van der Waals surface area contributed by atoms with Gasteiger partial charge in [0.05, 0.1) is 0 Å². The number of ether oxygens (including phenoxy) is 1. The van der Waals surface area contributed by atoms with Gasteiger partial charge in [-0.2, -0.15) is 0 Å². The van der Waals surface area contributed by atoms with Crippen LogP contribution in [0.1, 0.15) is 19.3 Å². The molecule has 0 bridgehead atoms. The molecule has 1 atom stereocenters. The molecule has 1 unspecified atom stereocenters. The largest absolute Gasteiger partial charge is 0.853 e. The Labute approximate surface area is 49.5 Å². The van der Waals surface area contributed by atoms with Crippen LogP contribution >= 0.6 is 0 Å². The summed E-state index contributed by atoms with van der Waals surface area (Å²) in [5.41, 5.74) is 0. The van der Waals surface area contributed by atoms with Gasteiger partial charge in [0.15, 0.2) is 0 Å². The summed E-state index contributed by atoms with van der Waals surface area (Å²) in [5, 5.41) is 10.2. The van der Waals surface area contributed by atoms with E-state index in [1.54, 1.807) is 0 Å². The molecule has 0 aliphatic carbocycles. The predicted octanol–water partition coefficient (Wildman–Crippen LogP) is -0.0842. The Morgan fingerprint density at radius 2 is 2.38 bits per heavy atom. The van der Waals surface area contributed by atoms with Crippen LogP contribution in [-0.2, 0) is 4.74 Å². The molecule has 1 aliphatic rings. The second-order valence-corrected chi connectivity index (χ2v) is 2.16. The Hall–Kier alpha value is -0.0800. The number of hydrogen-bond donors (Lipinski definition) is 0. The minimum atomic E-state index is -0.0556. The molecule has 0 aromatic rings. The van der Waals surface area contributed by atoms with Gasteiger partial charge in [-0.15, -0.1) is 6.61 Å². The van der Waals surface area contributed by atoms with E-state index in [9.17, 15) is 5.11 Å². The van der Waals surface area contributed by atoms with E-state index < -0.39 is 0 Å². The second kappa shape index (κ2) is 3.05. The van der Waals surface area contributed by atoms with Crippen molar-refractivity contribution in [1.29, 1.82) is 0 Å². The highest BCUT2D eigenvalue weighted by Crippen LogP contribution is 2.10. The third-order valence-corrected chi connectivity index (χ3v) is 1.46. The van der Waals surface area contributed by atoms with Crippen LogP contribution in [0.3, 0.4) is 0 Å². The highest BCUT2D eigenvalue weighted by Gasteiger charge is 2.07. The molecule has 0 amide bonds. The molecule has 48 valence electrons. The Morgan fingerprint density at radius 3 is 2.75 bits per heavy atom. The fourth-order valence-corrected chi connectivity index (χ4v) is 0.939. The maximum atomic E-state index is 10.2. The first-order chi connectivity index (χ1) is 3.93. The molecule has 1 aliphatic heterocycles. The summed E-state index contributed by atoms with van der Waals surface area (Å²) in [7, 11) is 0. The summed E-state index contributed by atoms with van der Waals surface area (Å²) in [6.07, 6.45) is 3.32. The predicted molar refractivity (Wildman–Crippen MR) is 28.5 cm³/mol. The van der Waals surface area contributed by atoms with Gasteiger partial charge >= 0.3 is 0 Å². The lowest BCUT2D eigenvalue weighted by molar-refractivity contribution is -0.388. The number of hydrogen-bond acceptors (Lipinski definition) is 2. The molecule has 2 heteroatoms. The monoisotopic (exact) mass is 115 g/mol. The maximum absolute atomic E-state index is 10.2. The van der Waals surface area contributed by atoms with Gasteiger partial charge in [0.1, 0.15) is 0 Å². The summed E-state index contributed by atoms with van der Waals surface area (Å²) >= 11 is 0. The lowest BCUT2D eigenvalue weighted by Crippen LogP contribution is -2.29. The van der Waals surface area contributed by atoms with Crippen molar-refractivity contribution in [3.05, 3.63) is 0 Å². The molecule has 8 heavy (non-hydrogen) atoms. The molecule has 0 saturated carbocycles. The number of rotatable bonds is 1. The summed E-state index contributed by atoms with van der Waals surface area (Å²) in [6.45, 7) is 0.743. The average molecular weight is 115 g/mol. The van der Waals surface area contributed by atoms with Crippen LogP contribution in [-0.4, -0.2) is 19.3 Å². The Balaban J connectivity index is 2.13. The fraction of sp³-hybridized carbons (Fsp3) is 1.00. The first-order valence-corrected chi connectivity index (χ1v) is 3.13. The quantitative estimate of drug-likeness (QED) is 0.478. The zero-order chi connectivity index (χ0) is 5.82. The molecule has 1 rings (SSSR count). The summed E-state index contributed by atoms with van der Waals surface area (Å²) < 4.78 is 5.11. The highest BCUT2D eigenvalue weighted by atomic mass is 16.5. The lowest BCUT2D eigenvalue weighted by Gasteiger charge is -2.24. The van der Waals surface area contributed by atoms with Crippen LogP contribution in [0.25, 0.3) is 0 Å². The SMILES string of the molecule is [O-]CC1CCCCO1. The summed E-state index contributed by atoms with van der Waals surface area (Å²) in [6, 6.07) is 0. The van der Waals surface area contributed by atoms with Crippen molar-refractivity contribution >= 4 is 0 Å². The summed E-state index contributed by atoms with van der Waals surface area (Å²) in [4.78, 5) is 0. The first kappa shape index (κ1) is 6.05. The lowest BCUT2D eigenvalue weighted by atomic mass is 10.1. The minimum absolute atomic E-state index is 0.0312. The van der Waals surface area contributed by atoms with Crippen LogP contribution in [0.5, 0.6) is 0 Å². The molecule has 1 heterocycles. The van der Waals surface area contributed by atoms with Crippen molar-refractivity contribution in [2.24, 2.45) is 0 Å². The van der Waals surface area contributed by atoms with Gasteiger partial charge < -0.3 is 9.84 Å². The van der Waals surface area contributed by atoms with E-state index in [2.05, 4.69) is 0 Å². The van der Waals surface area contributed by atoms with Crippen LogP contribution in [0, 0.1) is 0 Å². The molecule has 0 spiro atoms.